The van der Waals surface area contributed by atoms with E-state index >= 15 is 0 Å². The highest BCUT2D eigenvalue weighted by Gasteiger charge is 2.32. The third-order valence-electron chi connectivity index (χ3n) is 6.74. The monoisotopic (exact) mass is 424 g/mol. The second kappa shape index (κ2) is 11.9. The summed E-state index contributed by atoms with van der Waals surface area (Å²) in [4.78, 5) is 0. The van der Waals surface area contributed by atoms with Crippen LogP contribution in [0.5, 0.6) is 11.5 Å². The molecular weight excluding hydrogens is 386 g/mol. The maximum atomic E-state index is 14.2. The number of hydrogen-bond donors (Lipinski definition) is 0. The van der Waals surface area contributed by atoms with Gasteiger partial charge in [0.2, 0.25) is 11.6 Å². The largest absolute Gasteiger partial charge is 0.490 e. The Kier molecular flexibility index (Phi) is 9.23. The van der Waals surface area contributed by atoms with Gasteiger partial charge in [0, 0.05) is 5.92 Å². The van der Waals surface area contributed by atoms with E-state index in [0.29, 0.717) is 31.8 Å². The van der Waals surface area contributed by atoms with E-state index in [2.05, 4.69) is 6.92 Å². The molecule has 0 radical (unpaired) electrons. The first-order valence-electron chi connectivity index (χ1n) is 12.0. The van der Waals surface area contributed by atoms with Crippen molar-refractivity contribution in [2.45, 2.75) is 84.2 Å². The van der Waals surface area contributed by atoms with E-state index in [4.69, 9.17) is 14.2 Å². The van der Waals surface area contributed by atoms with E-state index in [-0.39, 0.29) is 17.4 Å². The Morgan fingerprint density at radius 3 is 2.13 bits per heavy atom. The van der Waals surface area contributed by atoms with Gasteiger partial charge < -0.3 is 14.2 Å². The number of benzene rings is 1. The maximum absolute atomic E-state index is 14.2. The van der Waals surface area contributed by atoms with Crippen molar-refractivity contribution in [2.24, 2.45) is 17.8 Å². The second-order valence-electron chi connectivity index (χ2n) is 9.09. The molecule has 5 heteroatoms. The predicted molar refractivity (Wildman–Crippen MR) is 115 cm³/mol. The van der Waals surface area contributed by atoms with Crippen LogP contribution in [-0.4, -0.2) is 25.9 Å². The molecule has 0 bridgehead atoms. The fourth-order valence-corrected chi connectivity index (χ4v) is 4.83. The first-order chi connectivity index (χ1) is 14.6. The average Bonchev–Trinajstić information content (AvgIpc) is 2.79. The number of rotatable bonds is 10. The van der Waals surface area contributed by atoms with Crippen molar-refractivity contribution in [2.75, 3.05) is 19.8 Å². The number of halogens is 2. The summed E-state index contributed by atoms with van der Waals surface area (Å²) in [5.74, 6) is -0.236. The lowest BCUT2D eigenvalue weighted by Crippen LogP contribution is -2.35. The van der Waals surface area contributed by atoms with Gasteiger partial charge in [-0.25, -0.2) is 0 Å². The lowest BCUT2D eigenvalue weighted by Gasteiger charge is -2.37. The van der Waals surface area contributed by atoms with Crippen LogP contribution in [0, 0.1) is 29.4 Å². The summed E-state index contributed by atoms with van der Waals surface area (Å²) in [7, 11) is 0. The Bertz CT molecular complexity index is 636. The summed E-state index contributed by atoms with van der Waals surface area (Å²) in [6.07, 6.45) is 12.5. The number of hydrogen-bond acceptors (Lipinski definition) is 3. The highest BCUT2D eigenvalue weighted by atomic mass is 19.2. The first kappa shape index (κ1) is 23.3. The van der Waals surface area contributed by atoms with E-state index < -0.39 is 11.6 Å². The molecule has 2 atom stereocenters. The van der Waals surface area contributed by atoms with Gasteiger partial charge in [0.05, 0.1) is 25.9 Å². The van der Waals surface area contributed by atoms with Crippen LogP contribution in [0.3, 0.4) is 0 Å². The molecule has 1 aliphatic heterocycles. The fraction of sp³-hybridized carbons (Fsp3) is 0.760. The minimum Gasteiger partial charge on any atom is -0.490 e. The molecular formula is C25H38F2O3. The van der Waals surface area contributed by atoms with Crippen molar-refractivity contribution in [3.05, 3.63) is 23.8 Å². The van der Waals surface area contributed by atoms with E-state index in [1.807, 2.05) is 6.92 Å². The maximum Gasteiger partial charge on any atom is 0.204 e. The lowest BCUT2D eigenvalue weighted by atomic mass is 9.76. The summed E-state index contributed by atoms with van der Waals surface area (Å²) in [5.41, 5.74) is 0. The molecule has 0 N–H and O–H groups in total. The third-order valence-corrected chi connectivity index (χ3v) is 6.74. The molecule has 0 spiro atoms. The normalized spacial score (nSPS) is 27.1. The molecule has 1 saturated heterocycles. The summed E-state index contributed by atoms with van der Waals surface area (Å²) < 4.78 is 45.3. The molecule has 1 aromatic carbocycles. The van der Waals surface area contributed by atoms with Gasteiger partial charge >= 0.3 is 0 Å². The van der Waals surface area contributed by atoms with Crippen molar-refractivity contribution in [3.63, 3.8) is 0 Å². The lowest BCUT2D eigenvalue weighted by molar-refractivity contribution is -0.0656. The molecule has 3 rings (SSSR count). The van der Waals surface area contributed by atoms with Crippen molar-refractivity contribution < 1.29 is 23.0 Å². The van der Waals surface area contributed by atoms with Gasteiger partial charge in [-0.2, -0.15) is 8.78 Å². The van der Waals surface area contributed by atoms with Crippen LogP contribution in [0.4, 0.5) is 8.78 Å². The van der Waals surface area contributed by atoms with Crippen LogP contribution in [0.2, 0.25) is 0 Å². The standard InChI is InChI=1S/C25H38F2O3/c1-3-5-6-18-7-10-20(11-8-18)21-12-9-19(16-29-21)17-30-23-14-13-22(28-15-4-2)24(26)25(23)27/h13-14,18-21H,3-12,15-17H2,1-2H3. The van der Waals surface area contributed by atoms with Crippen molar-refractivity contribution >= 4 is 0 Å². The molecule has 2 fully saturated rings. The summed E-state index contributed by atoms with van der Waals surface area (Å²) >= 11 is 0. The van der Waals surface area contributed by atoms with Gasteiger partial charge in [-0.3, -0.25) is 0 Å². The Morgan fingerprint density at radius 1 is 0.867 bits per heavy atom. The number of ether oxygens (including phenoxy) is 3. The van der Waals surface area contributed by atoms with Gasteiger partial charge in [0.15, 0.2) is 11.5 Å². The van der Waals surface area contributed by atoms with E-state index in [1.165, 1.54) is 57.1 Å². The highest BCUT2D eigenvalue weighted by Crippen LogP contribution is 2.37. The van der Waals surface area contributed by atoms with Crippen LogP contribution >= 0.6 is 0 Å². The molecule has 1 heterocycles. The van der Waals surface area contributed by atoms with Gasteiger partial charge in [0.1, 0.15) is 0 Å². The quantitative estimate of drug-likeness (QED) is 0.408. The molecule has 1 aromatic rings. The van der Waals surface area contributed by atoms with Crippen molar-refractivity contribution in [1.29, 1.82) is 0 Å². The molecule has 30 heavy (non-hydrogen) atoms. The molecule has 1 saturated carbocycles. The zero-order valence-corrected chi connectivity index (χ0v) is 18.6. The minimum absolute atomic E-state index is 0.0520. The van der Waals surface area contributed by atoms with E-state index in [9.17, 15) is 8.78 Å². The molecule has 0 aromatic heterocycles. The Labute approximate surface area is 180 Å². The Morgan fingerprint density at radius 2 is 1.53 bits per heavy atom. The Hall–Kier alpha value is -1.36. The molecule has 3 nitrogen and oxygen atoms in total. The molecule has 170 valence electrons. The summed E-state index contributed by atoms with van der Waals surface area (Å²) in [6.45, 7) is 5.53. The van der Waals surface area contributed by atoms with Crippen molar-refractivity contribution in [1.82, 2.24) is 0 Å². The van der Waals surface area contributed by atoms with Gasteiger partial charge in [-0.1, -0.05) is 46.0 Å². The van der Waals surface area contributed by atoms with Crippen LogP contribution in [0.15, 0.2) is 12.1 Å². The number of unbranched alkanes of at least 4 members (excludes halogenated alkanes) is 1. The average molecular weight is 425 g/mol. The smallest absolute Gasteiger partial charge is 0.204 e. The zero-order valence-electron chi connectivity index (χ0n) is 18.6. The molecule has 0 amide bonds. The molecule has 2 aliphatic rings. The van der Waals surface area contributed by atoms with Gasteiger partial charge in [0.25, 0.3) is 0 Å². The summed E-state index contributed by atoms with van der Waals surface area (Å²) in [5, 5.41) is 0. The van der Waals surface area contributed by atoms with Crippen LogP contribution in [0.25, 0.3) is 0 Å². The fourth-order valence-electron chi connectivity index (χ4n) is 4.83. The van der Waals surface area contributed by atoms with E-state index in [1.54, 1.807) is 0 Å². The van der Waals surface area contributed by atoms with E-state index in [0.717, 1.165) is 25.2 Å². The predicted octanol–water partition coefficient (Wildman–Crippen LogP) is 6.92. The first-order valence-corrected chi connectivity index (χ1v) is 12.0. The van der Waals surface area contributed by atoms with Gasteiger partial charge in [-0.15, -0.1) is 0 Å². The molecule has 1 aliphatic carbocycles. The van der Waals surface area contributed by atoms with Crippen LogP contribution < -0.4 is 9.47 Å². The zero-order chi connectivity index (χ0) is 21.3. The van der Waals surface area contributed by atoms with Crippen LogP contribution in [-0.2, 0) is 4.74 Å². The SMILES string of the molecule is CCCCC1CCC(C2CCC(COc3ccc(OCCC)c(F)c3F)CO2)CC1. The Balaban J connectivity index is 1.40. The topological polar surface area (TPSA) is 27.7 Å². The second-order valence-corrected chi connectivity index (χ2v) is 9.09. The van der Waals surface area contributed by atoms with Gasteiger partial charge in [-0.05, 0) is 56.1 Å². The van der Waals surface area contributed by atoms with Crippen LogP contribution in [0.1, 0.15) is 78.1 Å². The summed E-state index contributed by atoms with van der Waals surface area (Å²) in [6, 6.07) is 2.89. The van der Waals surface area contributed by atoms with Crippen molar-refractivity contribution in [3.8, 4) is 11.5 Å². The molecule has 2 unspecified atom stereocenters. The highest BCUT2D eigenvalue weighted by molar-refractivity contribution is 5.35. The minimum atomic E-state index is -0.976. The third kappa shape index (κ3) is 6.32.